The molecule has 0 aromatic heterocycles. The lowest BCUT2D eigenvalue weighted by molar-refractivity contribution is -0.141. The van der Waals surface area contributed by atoms with Gasteiger partial charge in [-0.3, -0.25) is 4.79 Å². The van der Waals surface area contributed by atoms with Crippen LogP contribution in [-0.4, -0.2) is 23.2 Å². The summed E-state index contributed by atoms with van der Waals surface area (Å²) < 4.78 is 0. The number of rotatable bonds is 7. The average molecular weight is 269 g/mol. The van der Waals surface area contributed by atoms with E-state index in [4.69, 9.17) is 5.11 Å². The maximum absolute atomic E-state index is 10.7. The van der Waals surface area contributed by atoms with Crippen molar-refractivity contribution in [3.63, 3.8) is 0 Å². The van der Waals surface area contributed by atoms with Gasteiger partial charge in [0, 0.05) is 12.1 Å². The van der Waals surface area contributed by atoms with E-state index in [0.29, 0.717) is 12.1 Å². The van der Waals surface area contributed by atoms with E-state index in [0.717, 1.165) is 31.1 Å². The highest BCUT2D eigenvalue weighted by Crippen LogP contribution is 2.29. The molecule has 1 aliphatic rings. The molecule has 3 heteroatoms. The van der Waals surface area contributed by atoms with Crippen LogP contribution < -0.4 is 5.32 Å². The van der Waals surface area contributed by atoms with E-state index in [2.05, 4.69) is 26.1 Å². The Hall–Kier alpha value is -0.570. The molecule has 5 unspecified atom stereocenters. The molecule has 112 valence electrons. The molecule has 0 aromatic carbocycles. The standard InChI is InChI=1S/C16H31NO2/c1-11-8-9-15(10-13(11)3)17-14(4)7-5-6-12(2)16(18)19/h11-15,17H,5-10H2,1-4H3,(H,18,19). The summed E-state index contributed by atoms with van der Waals surface area (Å²) in [5, 5.41) is 12.6. The predicted octanol–water partition coefficient (Wildman–Crippen LogP) is 3.68. The molecule has 1 aliphatic carbocycles. The molecule has 0 radical (unpaired) electrons. The van der Waals surface area contributed by atoms with Crippen molar-refractivity contribution in [1.82, 2.24) is 5.32 Å². The second-order valence-corrected chi connectivity index (χ2v) is 6.70. The molecule has 19 heavy (non-hydrogen) atoms. The van der Waals surface area contributed by atoms with Gasteiger partial charge in [0.2, 0.25) is 0 Å². The second kappa shape index (κ2) is 7.88. The molecule has 0 aliphatic heterocycles. The van der Waals surface area contributed by atoms with Crippen LogP contribution in [0.5, 0.6) is 0 Å². The van der Waals surface area contributed by atoms with Crippen LogP contribution in [0.1, 0.15) is 66.2 Å². The van der Waals surface area contributed by atoms with Crippen molar-refractivity contribution in [2.24, 2.45) is 17.8 Å². The van der Waals surface area contributed by atoms with E-state index >= 15 is 0 Å². The van der Waals surface area contributed by atoms with Gasteiger partial charge in [-0.2, -0.15) is 0 Å². The average Bonchev–Trinajstić information content (AvgIpc) is 2.33. The number of carboxylic acids is 1. The highest BCUT2D eigenvalue weighted by Gasteiger charge is 2.25. The fraction of sp³-hybridized carbons (Fsp3) is 0.938. The number of carbonyl (C=O) groups is 1. The molecule has 2 N–H and O–H groups in total. The van der Waals surface area contributed by atoms with Crippen LogP contribution in [-0.2, 0) is 4.79 Å². The Morgan fingerprint density at radius 1 is 1.21 bits per heavy atom. The lowest BCUT2D eigenvalue weighted by atomic mass is 9.79. The van der Waals surface area contributed by atoms with Crippen molar-refractivity contribution >= 4 is 5.97 Å². The SMILES string of the molecule is CC(CCCC(C)C(=O)O)NC1CCC(C)C(C)C1. The molecule has 5 atom stereocenters. The monoisotopic (exact) mass is 269 g/mol. The van der Waals surface area contributed by atoms with E-state index in [9.17, 15) is 4.79 Å². The van der Waals surface area contributed by atoms with E-state index in [-0.39, 0.29) is 5.92 Å². The van der Waals surface area contributed by atoms with Crippen molar-refractivity contribution in [2.45, 2.75) is 78.3 Å². The first-order valence-electron chi connectivity index (χ1n) is 7.89. The van der Waals surface area contributed by atoms with Crippen molar-refractivity contribution in [2.75, 3.05) is 0 Å². The van der Waals surface area contributed by atoms with Gasteiger partial charge in [-0.25, -0.2) is 0 Å². The van der Waals surface area contributed by atoms with Crippen molar-refractivity contribution in [3.8, 4) is 0 Å². The van der Waals surface area contributed by atoms with Crippen molar-refractivity contribution in [3.05, 3.63) is 0 Å². The van der Waals surface area contributed by atoms with Gasteiger partial charge in [0.15, 0.2) is 0 Å². The molecule has 1 rings (SSSR count). The molecular formula is C16H31NO2. The Morgan fingerprint density at radius 3 is 2.47 bits per heavy atom. The fourth-order valence-corrected chi connectivity index (χ4v) is 3.04. The summed E-state index contributed by atoms with van der Waals surface area (Å²) in [7, 11) is 0. The van der Waals surface area contributed by atoms with Gasteiger partial charge in [-0.05, 0) is 50.9 Å². The highest BCUT2D eigenvalue weighted by molar-refractivity contribution is 5.69. The van der Waals surface area contributed by atoms with Crippen LogP contribution in [0.4, 0.5) is 0 Å². The van der Waals surface area contributed by atoms with Gasteiger partial charge >= 0.3 is 5.97 Å². The third-order valence-corrected chi connectivity index (χ3v) is 4.81. The van der Waals surface area contributed by atoms with Crippen LogP contribution in [0.2, 0.25) is 0 Å². The van der Waals surface area contributed by atoms with E-state index < -0.39 is 5.97 Å². The van der Waals surface area contributed by atoms with E-state index in [1.165, 1.54) is 19.3 Å². The molecular weight excluding hydrogens is 238 g/mol. The van der Waals surface area contributed by atoms with Gasteiger partial charge in [-0.15, -0.1) is 0 Å². The summed E-state index contributed by atoms with van der Waals surface area (Å²) in [6.07, 6.45) is 6.79. The fourth-order valence-electron chi connectivity index (χ4n) is 3.04. The molecule has 0 amide bonds. The summed E-state index contributed by atoms with van der Waals surface area (Å²) in [5.74, 6) is 0.814. The zero-order chi connectivity index (χ0) is 14.4. The molecule has 0 saturated heterocycles. The molecule has 0 aromatic rings. The summed E-state index contributed by atoms with van der Waals surface area (Å²) in [4.78, 5) is 10.7. The van der Waals surface area contributed by atoms with Gasteiger partial charge in [-0.1, -0.05) is 27.2 Å². The first kappa shape index (κ1) is 16.5. The largest absolute Gasteiger partial charge is 0.481 e. The third-order valence-electron chi connectivity index (χ3n) is 4.81. The minimum atomic E-state index is -0.671. The quantitative estimate of drug-likeness (QED) is 0.741. The third kappa shape index (κ3) is 5.94. The minimum absolute atomic E-state index is 0.206. The first-order valence-corrected chi connectivity index (χ1v) is 7.89. The highest BCUT2D eigenvalue weighted by atomic mass is 16.4. The summed E-state index contributed by atoms with van der Waals surface area (Å²) in [5.41, 5.74) is 0. The van der Waals surface area contributed by atoms with Gasteiger partial charge in [0.1, 0.15) is 0 Å². The lowest BCUT2D eigenvalue weighted by Gasteiger charge is -2.34. The normalized spacial score (nSPS) is 30.8. The Bertz CT molecular complexity index is 280. The Morgan fingerprint density at radius 2 is 1.89 bits per heavy atom. The first-order chi connectivity index (χ1) is 8.90. The van der Waals surface area contributed by atoms with Crippen LogP contribution in [0, 0.1) is 17.8 Å². The van der Waals surface area contributed by atoms with E-state index in [1.54, 1.807) is 6.92 Å². The number of carboxylic acid groups (broad SMARTS) is 1. The Balaban J connectivity index is 2.17. The molecule has 1 saturated carbocycles. The number of aliphatic carboxylic acids is 1. The number of nitrogens with one attached hydrogen (secondary N) is 1. The molecule has 0 spiro atoms. The van der Waals surface area contributed by atoms with Crippen LogP contribution in [0.15, 0.2) is 0 Å². The second-order valence-electron chi connectivity index (χ2n) is 6.70. The number of hydrogen-bond acceptors (Lipinski definition) is 2. The van der Waals surface area contributed by atoms with Crippen molar-refractivity contribution in [1.29, 1.82) is 0 Å². The molecule has 0 heterocycles. The van der Waals surface area contributed by atoms with Crippen LogP contribution >= 0.6 is 0 Å². The Labute approximate surface area is 118 Å². The summed E-state index contributed by atoms with van der Waals surface area (Å²) in [6, 6.07) is 1.17. The van der Waals surface area contributed by atoms with Gasteiger partial charge in [0.25, 0.3) is 0 Å². The smallest absolute Gasteiger partial charge is 0.306 e. The maximum atomic E-state index is 10.7. The minimum Gasteiger partial charge on any atom is -0.481 e. The lowest BCUT2D eigenvalue weighted by Crippen LogP contribution is -2.41. The summed E-state index contributed by atoms with van der Waals surface area (Å²) in [6.45, 7) is 8.74. The van der Waals surface area contributed by atoms with Crippen molar-refractivity contribution < 1.29 is 9.90 Å². The maximum Gasteiger partial charge on any atom is 0.306 e. The molecule has 1 fully saturated rings. The predicted molar refractivity (Wildman–Crippen MR) is 79.2 cm³/mol. The van der Waals surface area contributed by atoms with E-state index in [1.807, 2.05) is 0 Å². The molecule has 0 bridgehead atoms. The Kier molecular flexibility index (Phi) is 6.84. The van der Waals surface area contributed by atoms with Gasteiger partial charge in [0.05, 0.1) is 5.92 Å². The van der Waals surface area contributed by atoms with Gasteiger partial charge < -0.3 is 10.4 Å². The van der Waals surface area contributed by atoms with Crippen LogP contribution in [0.3, 0.4) is 0 Å². The zero-order valence-corrected chi connectivity index (χ0v) is 13.0. The van der Waals surface area contributed by atoms with Crippen LogP contribution in [0.25, 0.3) is 0 Å². The number of hydrogen-bond donors (Lipinski definition) is 2. The molecule has 3 nitrogen and oxygen atoms in total. The zero-order valence-electron chi connectivity index (χ0n) is 13.0. The summed E-state index contributed by atoms with van der Waals surface area (Å²) >= 11 is 0. The topological polar surface area (TPSA) is 49.3 Å².